The van der Waals surface area contributed by atoms with E-state index >= 15 is 0 Å². The minimum absolute atomic E-state index is 0.0152. The van der Waals surface area contributed by atoms with Crippen molar-refractivity contribution in [3.05, 3.63) is 34.9 Å². The van der Waals surface area contributed by atoms with E-state index < -0.39 is 5.97 Å². The summed E-state index contributed by atoms with van der Waals surface area (Å²) in [6.45, 7) is 3.77. The largest absolute Gasteiger partial charge is 0.481 e. The molecule has 0 saturated heterocycles. The van der Waals surface area contributed by atoms with E-state index in [1.807, 2.05) is 32.0 Å². The number of carbonyl (C=O) groups excluding carboxylic acids is 1. The Labute approximate surface area is 98.9 Å². The molecule has 3 nitrogen and oxygen atoms in total. The van der Waals surface area contributed by atoms with Gasteiger partial charge in [-0.25, -0.2) is 0 Å². The van der Waals surface area contributed by atoms with E-state index in [-0.39, 0.29) is 11.5 Å². The summed E-state index contributed by atoms with van der Waals surface area (Å²) < 4.78 is 0. The molecular formula is C12H14O3S. The molecule has 1 rings (SSSR count). The molecule has 0 unspecified atom stereocenters. The van der Waals surface area contributed by atoms with Gasteiger partial charge >= 0.3 is 5.97 Å². The molecule has 0 aromatic heterocycles. The Hall–Kier alpha value is -1.29. The number of benzene rings is 1. The highest BCUT2D eigenvalue weighted by molar-refractivity contribution is 8.14. The molecule has 4 heteroatoms. The van der Waals surface area contributed by atoms with Gasteiger partial charge in [0.25, 0.3) is 0 Å². The van der Waals surface area contributed by atoms with Gasteiger partial charge in [-0.05, 0) is 25.0 Å². The second kappa shape index (κ2) is 5.70. The zero-order valence-corrected chi connectivity index (χ0v) is 10.1. The summed E-state index contributed by atoms with van der Waals surface area (Å²) in [6, 6.07) is 5.68. The fourth-order valence-electron chi connectivity index (χ4n) is 1.44. The van der Waals surface area contributed by atoms with Crippen molar-refractivity contribution in [3.63, 3.8) is 0 Å². The van der Waals surface area contributed by atoms with Gasteiger partial charge < -0.3 is 5.11 Å². The first kappa shape index (κ1) is 12.8. The monoisotopic (exact) mass is 238 g/mol. The van der Waals surface area contributed by atoms with E-state index in [9.17, 15) is 9.59 Å². The molecule has 0 atom stereocenters. The Bertz CT molecular complexity index is 392. The number of aliphatic carboxylic acids is 1. The van der Waals surface area contributed by atoms with Gasteiger partial charge in [0.15, 0.2) is 0 Å². The predicted molar refractivity (Wildman–Crippen MR) is 65.0 cm³/mol. The predicted octanol–water partition coefficient (Wildman–Crippen LogP) is 2.65. The van der Waals surface area contributed by atoms with Gasteiger partial charge in [-0.2, -0.15) is 0 Å². The van der Waals surface area contributed by atoms with E-state index in [1.54, 1.807) is 0 Å². The van der Waals surface area contributed by atoms with Crippen LogP contribution in [-0.4, -0.2) is 21.9 Å². The number of carbonyl (C=O) groups is 2. The molecule has 1 aromatic carbocycles. The average Bonchev–Trinajstić information content (AvgIpc) is 2.16. The van der Waals surface area contributed by atoms with Crippen LogP contribution in [0.4, 0.5) is 0 Å². The summed E-state index contributed by atoms with van der Waals surface area (Å²) >= 11 is 1.07. The van der Waals surface area contributed by atoms with Gasteiger partial charge in [-0.15, -0.1) is 0 Å². The minimum Gasteiger partial charge on any atom is -0.481 e. The van der Waals surface area contributed by atoms with Crippen LogP contribution in [0.1, 0.15) is 27.9 Å². The number of carboxylic acids is 1. The highest BCUT2D eigenvalue weighted by Gasteiger charge is 2.12. The molecule has 0 aliphatic rings. The zero-order chi connectivity index (χ0) is 12.1. The topological polar surface area (TPSA) is 54.4 Å². The summed E-state index contributed by atoms with van der Waals surface area (Å²) in [5.74, 6) is -0.552. The molecule has 0 radical (unpaired) electrons. The van der Waals surface area contributed by atoms with Crippen LogP contribution in [0.15, 0.2) is 18.2 Å². The van der Waals surface area contributed by atoms with Crippen molar-refractivity contribution in [2.75, 3.05) is 5.75 Å². The summed E-state index contributed by atoms with van der Waals surface area (Å²) in [7, 11) is 0. The third-order valence-electron chi connectivity index (χ3n) is 2.23. The van der Waals surface area contributed by atoms with Crippen LogP contribution in [0.2, 0.25) is 0 Å². The highest BCUT2D eigenvalue weighted by Crippen LogP contribution is 2.20. The first-order valence-electron chi connectivity index (χ1n) is 4.97. The fourth-order valence-corrected chi connectivity index (χ4v) is 2.37. The smallest absolute Gasteiger partial charge is 0.304 e. The van der Waals surface area contributed by atoms with Gasteiger partial charge in [-0.1, -0.05) is 30.0 Å². The Kier molecular flexibility index (Phi) is 4.55. The maximum Gasteiger partial charge on any atom is 0.304 e. The zero-order valence-electron chi connectivity index (χ0n) is 9.32. The number of hydrogen-bond donors (Lipinski definition) is 1. The van der Waals surface area contributed by atoms with Crippen molar-refractivity contribution >= 4 is 22.8 Å². The second-order valence-electron chi connectivity index (χ2n) is 3.55. The van der Waals surface area contributed by atoms with Gasteiger partial charge in [0.2, 0.25) is 5.12 Å². The lowest BCUT2D eigenvalue weighted by Gasteiger charge is -2.07. The average molecular weight is 238 g/mol. The number of rotatable bonds is 4. The van der Waals surface area contributed by atoms with Gasteiger partial charge in [-0.3, -0.25) is 9.59 Å². The lowest BCUT2D eigenvalue weighted by Crippen LogP contribution is -2.03. The van der Waals surface area contributed by atoms with Crippen molar-refractivity contribution in [1.29, 1.82) is 0 Å². The van der Waals surface area contributed by atoms with Crippen LogP contribution >= 0.6 is 11.8 Å². The molecule has 0 aliphatic heterocycles. The quantitative estimate of drug-likeness (QED) is 0.876. The molecule has 86 valence electrons. The van der Waals surface area contributed by atoms with Crippen LogP contribution in [0, 0.1) is 13.8 Å². The van der Waals surface area contributed by atoms with E-state index in [0.29, 0.717) is 11.3 Å². The molecule has 0 amide bonds. The summed E-state index contributed by atoms with van der Waals surface area (Å²) in [5.41, 5.74) is 2.58. The lowest BCUT2D eigenvalue weighted by atomic mass is 10.0. The van der Waals surface area contributed by atoms with Crippen LogP contribution in [-0.2, 0) is 4.79 Å². The standard InChI is InChI=1S/C12H14O3S/c1-8-4-3-5-9(2)11(8)12(15)16-7-6-10(13)14/h3-5H,6-7H2,1-2H3,(H,13,14). The maximum atomic E-state index is 11.8. The minimum atomic E-state index is -0.873. The SMILES string of the molecule is Cc1cccc(C)c1C(=O)SCCC(=O)O. The fraction of sp³-hybridized carbons (Fsp3) is 0.333. The molecule has 0 saturated carbocycles. The summed E-state index contributed by atoms with van der Waals surface area (Å²) in [4.78, 5) is 22.2. The lowest BCUT2D eigenvalue weighted by molar-refractivity contribution is -0.136. The molecule has 0 heterocycles. The molecule has 1 aromatic rings. The molecule has 1 N–H and O–H groups in total. The van der Waals surface area contributed by atoms with Crippen molar-refractivity contribution < 1.29 is 14.7 Å². The van der Waals surface area contributed by atoms with Crippen LogP contribution in [0.3, 0.4) is 0 Å². The van der Waals surface area contributed by atoms with Gasteiger partial charge in [0, 0.05) is 11.3 Å². The Balaban J connectivity index is 2.70. The first-order valence-corrected chi connectivity index (χ1v) is 5.96. The van der Waals surface area contributed by atoms with E-state index in [0.717, 1.165) is 22.9 Å². The van der Waals surface area contributed by atoms with Crippen LogP contribution in [0.5, 0.6) is 0 Å². The number of carboxylic acid groups (broad SMARTS) is 1. The Morgan fingerprint density at radius 1 is 1.25 bits per heavy atom. The first-order chi connectivity index (χ1) is 7.52. The van der Waals surface area contributed by atoms with Crippen molar-refractivity contribution in [2.45, 2.75) is 20.3 Å². The second-order valence-corrected chi connectivity index (χ2v) is 4.61. The molecule has 0 spiro atoms. The molecular weight excluding hydrogens is 224 g/mol. The Morgan fingerprint density at radius 2 is 1.81 bits per heavy atom. The normalized spacial score (nSPS) is 10.1. The van der Waals surface area contributed by atoms with Crippen molar-refractivity contribution in [1.82, 2.24) is 0 Å². The van der Waals surface area contributed by atoms with E-state index in [2.05, 4.69) is 0 Å². The number of hydrogen-bond acceptors (Lipinski definition) is 3. The van der Waals surface area contributed by atoms with Gasteiger partial charge in [0.1, 0.15) is 0 Å². The van der Waals surface area contributed by atoms with Crippen LogP contribution in [0.25, 0.3) is 0 Å². The molecule has 16 heavy (non-hydrogen) atoms. The summed E-state index contributed by atoms with van der Waals surface area (Å²) in [6.07, 6.45) is 0.0152. The molecule has 0 aliphatic carbocycles. The van der Waals surface area contributed by atoms with Crippen molar-refractivity contribution in [3.8, 4) is 0 Å². The van der Waals surface area contributed by atoms with E-state index in [4.69, 9.17) is 5.11 Å². The van der Waals surface area contributed by atoms with Crippen LogP contribution < -0.4 is 0 Å². The third-order valence-corrected chi connectivity index (χ3v) is 3.11. The number of aryl methyl sites for hydroxylation is 2. The highest BCUT2D eigenvalue weighted by atomic mass is 32.2. The Morgan fingerprint density at radius 3 is 2.31 bits per heavy atom. The molecule has 0 fully saturated rings. The van der Waals surface area contributed by atoms with Gasteiger partial charge in [0.05, 0.1) is 6.42 Å². The van der Waals surface area contributed by atoms with Crippen molar-refractivity contribution in [2.24, 2.45) is 0 Å². The number of thioether (sulfide) groups is 1. The summed E-state index contributed by atoms with van der Waals surface area (Å²) in [5, 5.41) is 8.44. The maximum absolute atomic E-state index is 11.8. The third kappa shape index (κ3) is 3.38. The van der Waals surface area contributed by atoms with E-state index in [1.165, 1.54) is 0 Å². The molecule has 0 bridgehead atoms.